The van der Waals surface area contributed by atoms with E-state index < -0.39 is 0 Å². The quantitative estimate of drug-likeness (QED) is 0.733. The smallest absolute Gasteiger partial charge is 0.226 e. The van der Waals surface area contributed by atoms with Crippen molar-refractivity contribution in [2.45, 2.75) is 38.6 Å². The monoisotopic (exact) mass is 231 g/mol. The van der Waals surface area contributed by atoms with Gasteiger partial charge in [-0.15, -0.1) is 0 Å². The van der Waals surface area contributed by atoms with Crippen LogP contribution in [0.15, 0.2) is 24.3 Å². The van der Waals surface area contributed by atoms with Crippen LogP contribution in [0.2, 0.25) is 0 Å². The normalized spacial score (nSPS) is 23.1. The van der Waals surface area contributed by atoms with E-state index >= 15 is 0 Å². The van der Waals surface area contributed by atoms with E-state index in [1.165, 1.54) is 0 Å². The van der Waals surface area contributed by atoms with Gasteiger partial charge in [0.1, 0.15) is 6.29 Å². The molecule has 0 saturated heterocycles. The summed E-state index contributed by atoms with van der Waals surface area (Å²) in [5.74, 6) is 0.0383. The van der Waals surface area contributed by atoms with Crippen LogP contribution >= 0.6 is 0 Å². The van der Waals surface area contributed by atoms with Crippen LogP contribution in [0.25, 0.3) is 0 Å². The molecular weight excluding hydrogens is 214 g/mol. The Balaban J connectivity index is 2.49. The highest BCUT2D eigenvalue weighted by atomic mass is 16.2. The van der Waals surface area contributed by atoms with Crippen LogP contribution in [-0.2, 0) is 9.59 Å². The highest BCUT2D eigenvalue weighted by Crippen LogP contribution is 2.37. The molecule has 0 aromatic heterocycles. The van der Waals surface area contributed by atoms with Crippen molar-refractivity contribution in [1.29, 1.82) is 0 Å². The Morgan fingerprint density at radius 1 is 1.47 bits per heavy atom. The van der Waals surface area contributed by atoms with Gasteiger partial charge in [-0.3, -0.25) is 4.79 Å². The Kier molecular flexibility index (Phi) is 3.27. The molecule has 1 amide bonds. The van der Waals surface area contributed by atoms with Crippen molar-refractivity contribution in [2.24, 2.45) is 0 Å². The van der Waals surface area contributed by atoms with Gasteiger partial charge in [0.15, 0.2) is 0 Å². The summed E-state index contributed by atoms with van der Waals surface area (Å²) < 4.78 is 0. The Morgan fingerprint density at radius 2 is 2.18 bits per heavy atom. The van der Waals surface area contributed by atoms with Gasteiger partial charge in [-0.25, -0.2) is 0 Å². The first-order valence-corrected chi connectivity index (χ1v) is 6.05. The zero-order valence-corrected chi connectivity index (χ0v) is 10.2. The van der Waals surface area contributed by atoms with E-state index in [9.17, 15) is 9.59 Å². The fourth-order valence-electron chi connectivity index (χ4n) is 2.54. The molecule has 3 heteroatoms. The van der Waals surface area contributed by atoms with Crippen LogP contribution in [0.5, 0.6) is 0 Å². The van der Waals surface area contributed by atoms with Crippen LogP contribution in [0, 0.1) is 0 Å². The van der Waals surface area contributed by atoms with Gasteiger partial charge in [0.2, 0.25) is 5.91 Å². The molecular formula is C14H17NO2. The fraction of sp³-hybridized carbons (Fsp3) is 0.429. The third kappa shape index (κ3) is 1.97. The molecule has 0 bridgehead atoms. The van der Waals surface area contributed by atoms with E-state index in [1.54, 1.807) is 0 Å². The topological polar surface area (TPSA) is 37.4 Å². The van der Waals surface area contributed by atoms with Gasteiger partial charge < -0.3 is 9.69 Å². The molecule has 0 fully saturated rings. The zero-order chi connectivity index (χ0) is 12.4. The molecule has 2 rings (SSSR count). The molecule has 1 aromatic carbocycles. The maximum atomic E-state index is 12.0. The highest BCUT2D eigenvalue weighted by molar-refractivity contribution is 5.96. The summed E-state index contributed by atoms with van der Waals surface area (Å²) in [5.41, 5.74) is 1.87. The van der Waals surface area contributed by atoms with Crippen LogP contribution in [0.1, 0.15) is 38.2 Å². The zero-order valence-electron chi connectivity index (χ0n) is 10.2. The van der Waals surface area contributed by atoms with Crippen molar-refractivity contribution in [3.63, 3.8) is 0 Å². The van der Waals surface area contributed by atoms with Crippen molar-refractivity contribution < 1.29 is 9.59 Å². The summed E-state index contributed by atoms with van der Waals surface area (Å²) in [6, 6.07) is 7.78. The third-order valence-electron chi connectivity index (χ3n) is 3.37. The summed E-state index contributed by atoms with van der Waals surface area (Å²) in [5, 5.41) is 0. The standard InChI is InChI=1S/C14H17NO2/c1-3-14(17)15-10(2)8-11(9-16)12-6-4-5-7-13(12)15/h4-7,9-11H,3,8H2,1-2H3/t10-,11-/m0/s1. The van der Waals surface area contributed by atoms with Crippen molar-refractivity contribution >= 4 is 17.9 Å². The van der Waals surface area contributed by atoms with E-state index in [2.05, 4.69) is 0 Å². The number of para-hydroxylation sites is 1. The van der Waals surface area contributed by atoms with Gasteiger partial charge in [-0.1, -0.05) is 25.1 Å². The molecule has 1 aliphatic heterocycles. The first-order valence-electron chi connectivity index (χ1n) is 6.05. The Bertz CT molecular complexity index is 442. The minimum Gasteiger partial charge on any atom is -0.309 e. The third-order valence-corrected chi connectivity index (χ3v) is 3.37. The van der Waals surface area contributed by atoms with Gasteiger partial charge in [-0.05, 0) is 25.0 Å². The van der Waals surface area contributed by atoms with Crippen LogP contribution in [0.4, 0.5) is 5.69 Å². The number of aldehydes is 1. The number of benzene rings is 1. The first kappa shape index (κ1) is 11.8. The van der Waals surface area contributed by atoms with Crippen LogP contribution < -0.4 is 4.90 Å². The summed E-state index contributed by atoms with van der Waals surface area (Å²) in [6.45, 7) is 3.86. The molecule has 17 heavy (non-hydrogen) atoms. The molecule has 0 saturated carbocycles. The lowest BCUT2D eigenvalue weighted by Gasteiger charge is -2.37. The number of carbonyl (C=O) groups is 2. The molecule has 0 spiro atoms. The van der Waals surface area contributed by atoms with Gasteiger partial charge in [0.25, 0.3) is 0 Å². The lowest BCUT2D eigenvalue weighted by atomic mass is 9.87. The van der Waals surface area contributed by atoms with E-state index in [0.717, 1.165) is 17.5 Å². The van der Waals surface area contributed by atoms with Gasteiger partial charge in [0, 0.05) is 24.1 Å². The minimum absolute atomic E-state index is 0.0814. The second-order valence-electron chi connectivity index (χ2n) is 4.50. The van der Waals surface area contributed by atoms with Crippen molar-refractivity contribution in [3.8, 4) is 0 Å². The number of fused-ring (bicyclic) bond motifs is 1. The van der Waals surface area contributed by atoms with E-state index in [-0.39, 0.29) is 17.9 Å². The molecule has 0 unspecified atom stereocenters. The summed E-state index contributed by atoms with van der Waals surface area (Å²) in [6.07, 6.45) is 2.19. The second kappa shape index (κ2) is 4.70. The van der Waals surface area contributed by atoms with Gasteiger partial charge >= 0.3 is 0 Å². The van der Waals surface area contributed by atoms with Crippen LogP contribution in [-0.4, -0.2) is 18.2 Å². The first-order chi connectivity index (χ1) is 8.19. The summed E-state index contributed by atoms with van der Waals surface area (Å²) in [4.78, 5) is 24.9. The van der Waals surface area contributed by atoms with E-state index in [4.69, 9.17) is 0 Å². The number of hydrogen-bond acceptors (Lipinski definition) is 2. The molecule has 2 atom stereocenters. The molecule has 1 aliphatic rings. The molecule has 1 heterocycles. The van der Waals surface area contributed by atoms with Gasteiger partial charge in [0.05, 0.1) is 0 Å². The number of hydrogen-bond donors (Lipinski definition) is 0. The predicted molar refractivity (Wildman–Crippen MR) is 67.1 cm³/mol. The average Bonchev–Trinajstić information content (AvgIpc) is 2.37. The number of carbonyl (C=O) groups excluding carboxylic acids is 2. The van der Waals surface area contributed by atoms with E-state index in [0.29, 0.717) is 12.8 Å². The average molecular weight is 231 g/mol. The van der Waals surface area contributed by atoms with E-state index in [1.807, 2.05) is 43.0 Å². The molecule has 1 aromatic rings. The number of nitrogens with zero attached hydrogens (tertiary/aromatic N) is 1. The maximum Gasteiger partial charge on any atom is 0.226 e. The number of amides is 1. The Labute approximate surface area is 101 Å². The summed E-state index contributed by atoms with van der Waals surface area (Å²) >= 11 is 0. The minimum atomic E-state index is -0.0814. The lowest BCUT2D eigenvalue weighted by Crippen LogP contribution is -2.43. The molecule has 3 nitrogen and oxygen atoms in total. The number of anilines is 1. The van der Waals surface area contributed by atoms with Crippen LogP contribution in [0.3, 0.4) is 0 Å². The highest BCUT2D eigenvalue weighted by Gasteiger charge is 2.32. The lowest BCUT2D eigenvalue weighted by molar-refractivity contribution is -0.119. The van der Waals surface area contributed by atoms with Crippen molar-refractivity contribution in [3.05, 3.63) is 29.8 Å². The molecule has 0 N–H and O–H groups in total. The SMILES string of the molecule is CCC(=O)N1c2ccccc2[C@H](C=O)C[C@@H]1C. The summed E-state index contributed by atoms with van der Waals surface area (Å²) in [7, 11) is 0. The Hall–Kier alpha value is -1.64. The maximum absolute atomic E-state index is 12.0. The number of rotatable bonds is 2. The van der Waals surface area contributed by atoms with Crippen molar-refractivity contribution in [2.75, 3.05) is 4.90 Å². The predicted octanol–water partition coefficient (Wildman–Crippen LogP) is 2.50. The fourth-order valence-corrected chi connectivity index (χ4v) is 2.54. The second-order valence-corrected chi connectivity index (χ2v) is 4.50. The molecule has 90 valence electrons. The van der Waals surface area contributed by atoms with Gasteiger partial charge in [-0.2, -0.15) is 0 Å². The van der Waals surface area contributed by atoms with Crippen molar-refractivity contribution in [1.82, 2.24) is 0 Å². The Morgan fingerprint density at radius 3 is 2.82 bits per heavy atom. The molecule has 0 aliphatic carbocycles. The largest absolute Gasteiger partial charge is 0.309 e. The molecule has 0 radical (unpaired) electrons.